The zero-order valence-corrected chi connectivity index (χ0v) is 16.1. The molecule has 0 saturated carbocycles. The Labute approximate surface area is 164 Å². The van der Waals surface area contributed by atoms with Crippen molar-refractivity contribution in [2.75, 3.05) is 21.7 Å². The van der Waals surface area contributed by atoms with Gasteiger partial charge < -0.3 is 15.1 Å². The lowest BCUT2D eigenvalue weighted by atomic mass is 10.1. The second kappa shape index (κ2) is 7.11. The first-order valence-electron chi connectivity index (χ1n) is 9.58. The van der Waals surface area contributed by atoms with Crippen molar-refractivity contribution in [3.05, 3.63) is 53.6 Å². The number of anilines is 3. The van der Waals surface area contributed by atoms with Crippen molar-refractivity contribution in [3.8, 4) is 0 Å². The zero-order valence-electron chi connectivity index (χ0n) is 16.1. The molecule has 0 bridgehead atoms. The van der Waals surface area contributed by atoms with E-state index in [9.17, 15) is 14.4 Å². The standard InChI is InChI=1S/C22H23N3O3/c1-14-11-17-12-18(8-9-20(17)25(14)15(2)26)23-22(28)16-5-3-6-19(13-16)24-10-4-7-21(24)27/h3,5-6,8-9,12-14H,4,7,10-11H2,1-2H3,(H,23,28)/t14-/m1/s1. The minimum absolute atomic E-state index is 0.0244. The number of rotatable bonds is 3. The van der Waals surface area contributed by atoms with Crippen LogP contribution in [-0.2, 0) is 16.0 Å². The first kappa shape index (κ1) is 18.2. The van der Waals surface area contributed by atoms with Crippen LogP contribution in [0.2, 0.25) is 0 Å². The van der Waals surface area contributed by atoms with Gasteiger partial charge in [-0.25, -0.2) is 0 Å². The minimum atomic E-state index is -0.220. The normalized spacial score (nSPS) is 18.4. The Morgan fingerprint density at radius 1 is 1.14 bits per heavy atom. The molecule has 2 aromatic carbocycles. The minimum Gasteiger partial charge on any atom is -0.322 e. The highest BCUT2D eigenvalue weighted by Crippen LogP contribution is 2.34. The summed E-state index contributed by atoms with van der Waals surface area (Å²) in [7, 11) is 0. The lowest BCUT2D eigenvalue weighted by Crippen LogP contribution is -2.33. The van der Waals surface area contributed by atoms with Crippen molar-refractivity contribution in [3.63, 3.8) is 0 Å². The molecule has 0 spiro atoms. The summed E-state index contributed by atoms with van der Waals surface area (Å²) in [6, 6.07) is 12.9. The van der Waals surface area contributed by atoms with E-state index in [4.69, 9.17) is 0 Å². The monoisotopic (exact) mass is 377 g/mol. The highest BCUT2D eigenvalue weighted by Gasteiger charge is 2.29. The van der Waals surface area contributed by atoms with Gasteiger partial charge in [0, 0.05) is 48.6 Å². The van der Waals surface area contributed by atoms with Crippen molar-refractivity contribution in [1.82, 2.24) is 0 Å². The van der Waals surface area contributed by atoms with Crippen molar-refractivity contribution in [2.24, 2.45) is 0 Å². The van der Waals surface area contributed by atoms with Crippen LogP contribution in [0.15, 0.2) is 42.5 Å². The SMILES string of the molecule is CC(=O)N1c2ccc(NC(=O)c3cccc(N4CCCC4=O)c3)cc2C[C@H]1C. The van der Waals surface area contributed by atoms with Crippen molar-refractivity contribution >= 4 is 34.8 Å². The Morgan fingerprint density at radius 3 is 2.68 bits per heavy atom. The molecule has 28 heavy (non-hydrogen) atoms. The molecular formula is C22H23N3O3. The molecule has 6 nitrogen and oxygen atoms in total. The molecule has 2 aliphatic heterocycles. The third kappa shape index (κ3) is 3.26. The fourth-order valence-corrected chi connectivity index (χ4v) is 4.13. The predicted octanol–water partition coefficient (Wildman–Crippen LogP) is 3.36. The molecule has 1 atom stereocenters. The summed E-state index contributed by atoms with van der Waals surface area (Å²) >= 11 is 0. The van der Waals surface area contributed by atoms with Gasteiger partial charge in [-0.15, -0.1) is 0 Å². The summed E-state index contributed by atoms with van der Waals surface area (Å²) in [5.74, 6) is -0.0976. The number of carbonyl (C=O) groups is 3. The van der Waals surface area contributed by atoms with E-state index in [1.165, 1.54) is 0 Å². The van der Waals surface area contributed by atoms with Crippen LogP contribution in [0.4, 0.5) is 17.1 Å². The van der Waals surface area contributed by atoms with E-state index in [-0.39, 0.29) is 23.8 Å². The molecule has 4 rings (SSSR count). The van der Waals surface area contributed by atoms with Crippen molar-refractivity contribution in [1.29, 1.82) is 0 Å². The van der Waals surface area contributed by atoms with Gasteiger partial charge in [0.05, 0.1) is 0 Å². The molecule has 0 aliphatic carbocycles. The van der Waals surface area contributed by atoms with E-state index in [0.29, 0.717) is 24.2 Å². The summed E-state index contributed by atoms with van der Waals surface area (Å²) in [4.78, 5) is 40.0. The summed E-state index contributed by atoms with van der Waals surface area (Å²) in [6.45, 7) is 4.28. The van der Waals surface area contributed by atoms with Crippen LogP contribution in [0.3, 0.4) is 0 Å². The Bertz CT molecular complexity index is 969. The first-order chi connectivity index (χ1) is 13.4. The number of benzene rings is 2. The highest BCUT2D eigenvalue weighted by molar-refractivity contribution is 6.06. The molecule has 2 aromatic rings. The summed E-state index contributed by atoms with van der Waals surface area (Å²) in [5, 5.41) is 2.93. The maximum atomic E-state index is 12.7. The fraction of sp³-hybridized carbons (Fsp3) is 0.318. The highest BCUT2D eigenvalue weighted by atomic mass is 16.2. The molecule has 3 amide bonds. The maximum Gasteiger partial charge on any atom is 0.255 e. The molecule has 0 radical (unpaired) electrons. The maximum absolute atomic E-state index is 12.7. The Balaban J connectivity index is 1.53. The smallest absolute Gasteiger partial charge is 0.255 e. The molecule has 144 valence electrons. The lowest BCUT2D eigenvalue weighted by molar-refractivity contribution is -0.117. The number of amides is 3. The van der Waals surface area contributed by atoms with Gasteiger partial charge in [0.2, 0.25) is 11.8 Å². The number of hydrogen-bond donors (Lipinski definition) is 1. The van der Waals surface area contributed by atoms with Gasteiger partial charge in [-0.2, -0.15) is 0 Å². The Morgan fingerprint density at radius 2 is 1.96 bits per heavy atom. The first-order valence-corrected chi connectivity index (χ1v) is 9.58. The third-order valence-corrected chi connectivity index (χ3v) is 5.39. The molecule has 2 heterocycles. The number of hydrogen-bond acceptors (Lipinski definition) is 3. The number of carbonyl (C=O) groups excluding carboxylic acids is 3. The van der Waals surface area contributed by atoms with Gasteiger partial charge in [-0.1, -0.05) is 6.07 Å². The number of nitrogens with one attached hydrogen (secondary N) is 1. The van der Waals surface area contributed by atoms with E-state index in [0.717, 1.165) is 29.8 Å². The molecule has 2 aliphatic rings. The largest absolute Gasteiger partial charge is 0.322 e. The van der Waals surface area contributed by atoms with Gasteiger partial charge in [0.15, 0.2) is 0 Å². The average Bonchev–Trinajstić information content (AvgIpc) is 3.23. The molecule has 1 N–H and O–H groups in total. The van der Waals surface area contributed by atoms with E-state index < -0.39 is 0 Å². The molecule has 0 aromatic heterocycles. The Hall–Kier alpha value is -3.15. The zero-order chi connectivity index (χ0) is 19.8. The topological polar surface area (TPSA) is 69.7 Å². The third-order valence-electron chi connectivity index (χ3n) is 5.39. The second-order valence-corrected chi connectivity index (χ2v) is 7.44. The predicted molar refractivity (Wildman–Crippen MR) is 109 cm³/mol. The molecule has 1 fully saturated rings. The van der Waals surface area contributed by atoms with E-state index in [1.807, 2.05) is 31.2 Å². The van der Waals surface area contributed by atoms with Gasteiger partial charge in [-0.05, 0) is 61.7 Å². The van der Waals surface area contributed by atoms with Crippen LogP contribution < -0.4 is 15.1 Å². The van der Waals surface area contributed by atoms with Gasteiger partial charge in [-0.3, -0.25) is 14.4 Å². The van der Waals surface area contributed by atoms with E-state index in [1.54, 1.807) is 34.9 Å². The summed E-state index contributed by atoms with van der Waals surface area (Å²) < 4.78 is 0. The van der Waals surface area contributed by atoms with E-state index in [2.05, 4.69) is 5.32 Å². The Kier molecular flexibility index (Phi) is 4.63. The van der Waals surface area contributed by atoms with Crippen LogP contribution in [0, 0.1) is 0 Å². The molecule has 0 unspecified atom stereocenters. The van der Waals surface area contributed by atoms with Crippen molar-refractivity contribution < 1.29 is 14.4 Å². The quantitative estimate of drug-likeness (QED) is 0.892. The van der Waals surface area contributed by atoms with Crippen molar-refractivity contribution in [2.45, 2.75) is 39.2 Å². The van der Waals surface area contributed by atoms with Crippen LogP contribution in [0.5, 0.6) is 0 Å². The van der Waals surface area contributed by atoms with Gasteiger partial charge >= 0.3 is 0 Å². The summed E-state index contributed by atoms with van der Waals surface area (Å²) in [6.07, 6.45) is 2.17. The number of nitrogens with zero attached hydrogens (tertiary/aromatic N) is 2. The van der Waals surface area contributed by atoms with Crippen LogP contribution in [0.25, 0.3) is 0 Å². The molecular weight excluding hydrogens is 354 g/mol. The van der Waals surface area contributed by atoms with Gasteiger partial charge in [0.1, 0.15) is 0 Å². The van der Waals surface area contributed by atoms with Crippen LogP contribution in [0.1, 0.15) is 42.6 Å². The molecule has 1 saturated heterocycles. The second-order valence-electron chi connectivity index (χ2n) is 7.44. The summed E-state index contributed by atoms with van der Waals surface area (Å²) in [5.41, 5.74) is 3.93. The lowest BCUT2D eigenvalue weighted by Gasteiger charge is -2.20. The van der Waals surface area contributed by atoms with Gasteiger partial charge in [0.25, 0.3) is 5.91 Å². The van der Waals surface area contributed by atoms with Crippen LogP contribution in [-0.4, -0.2) is 30.3 Å². The van der Waals surface area contributed by atoms with E-state index >= 15 is 0 Å². The van der Waals surface area contributed by atoms with Crippen LogP contribution >= 0.6 is 0 Å². The average molecular weight is 377 g/mol. The number of fused-ring (bicyclic) bond motifs is 1. The fourth-order valence-electron chi connectivity index (χ4n) is 4.13. The molecule has 6 heteroatoms.